The van der Waals surface area contributed by atoms with E-state index >= 15 is 0 Å². The maximum atomic E-state index is 10.9. The number of rotatable bonds is 4. The number of hydrogen-bond donors (Lipinski definition) is 1. The summed E-state index contributed by atoms with van der Waals surface area (Å²) in [6.07, 6.45) is 0. The zero-order valence-corrected chi connectivity index (χ0v) is 12.0. The Morgan fingerprint density at radius 1 is 1.21 bits per heavy atom. The average molecular weight is 293 g/mol. The molecule has 19 heavy (non-hydrogen) atoms. The molecule has 1 N–H and O–H groups in total. The van der Waals surface area contributed by atoms with E-state index in [0.29, 0.717) is 5.56 Å². The van der Waals surface area contributed by atoms with E-state index in [1.54, 1.807) is 17.8 Å². The zero-order valence-electron chi connectivity index (χ0n) is 10.4. The summed E-state index contributed by atoms with van der Waals surface area (Å²) in [6.45, 7) is 1.82. The lowest BCUT2D eigenvalue weighted by molar-refractivity contribution is 0.0696. The molecule has 0 atom stereocenters. The van der Waals surface area contributed by atoms with E-state index < -0.39 is 5.97 Å². The van der Waals surface area contributed by atoms with Crippen molar-refractivity contribution in [1.82, 2.24) is 0 Å². The fourth-order valence-corrected chi connectivity index (χ4v) is 2.79. The second-order valence-electron chi connectivity index (χ2n) is 4.20. The third kappa shape index (κ3) is 3.75. The standard InChI is InChI=1S/C15H13ClO2S/c1-10-8-13(6-7-14(10)15(17)18)19-9-11-2-4-12(16)5-3-11/h2-8H,9H2,1H3,(H,17,18). The fraction of sp³-hybridized carbons (Fsp3) is 0.133. The van der Waals surface area contributed by atoms with Gasteiger partial charge in [-0.2, -0.15) is 0 Å². The minimum atomic E-state index is -0.883. The Morgan fingerprint density at radius 2 is 1.89 bits per heavy atom. The van der Waals surface area contributed by atoms with E-state index in [1.165, 1.54) is 5.56 Å². The molecule has 0 unspecified atom stereocenters. The highest BCUT2D eigenvalue weighted by Gasteiger charge is 2.07. The van der Waals surface area contributed by atoms with Crippen LogP contribution in [-0.4, -0.2) is 11.1 Å². The molecule has 0 aromatic heterocycles. The highest BCUT2D eigenvalue weighted by molar-refractivity contribution is 7.98. The van der Waals surface area contributed by atoms with Gasteiger partial charge in [-0.1, -0.05) is 23.7 Å². The summed E-state index contributed by atoms with van der Waals surface area (Å²) in [7, 11) is 0. The minimum absolute atomic E-state index is 0.357. The smallest absolute Gasteiger partial charge is 0.335 e. The van der Waals surface area contributed by atoms with Gasteiger partial charge in [0.1, 0.15) is 0 Å². The van der Waals surface area contributed by atoms with E-state index in [2.05, 4.69) is 0 Å². The largest absolute Gasteiger partial charge is 0.478 e. The molecule has 0 saturated carbocycles. The Morgan fingerprint density at radius 3 is 2.47 bits per heavy atom. The number of aromatic carboxylic acids is 1. The van der Waals surface area contributed by atoms with Crippen molar-refractivity contribution in [3.8, 4) is 0 Å². The number of benzene rings is 2. The Balaban J connectivity index is 2.06. The van der Waals surface area contributed by atoms with Gasteiger partial charge in [0.15, 0.2) is 0 Å². The molecule has 0 aliphatic carbocycles. The number of carbonyl (C=O) groups is 1. The third-order valence-corrected chi connectivity index (χ3v) is 4.06. The molecule has 0 radical (unpaired) electrons. The first-order valence-corrected chi connectivity index (χ1v) is 7.14. The Bertz CT molecular complexity index is 594. The van der Waals surface area contributed by atoms with E-state index in [1.807, 2.05) is 43.3 Å². The van der Waals surface area contributed by atoms with Crippen LogP contribution < -0.4 is 0 Å². The van der Waals surface area contributed by atoms with Gasteiger partial charge in [-0.15, -0.1) is 11.8 Å². The van der Waals surface area contributed by atoms with Crippen molar-refractivity contribution in [2.75, 3.05) is 0 Å². The Hall–Kier alpha value is -1.45. The van der Waals surface area contributed by atoms with Crippen LogP contribution in [0.1, 0.15) is 21.5 Å². The second kappa shape index (κ2) is 6.13. The maximum absolute atomic E-state index is 10.9. The zero-order chi connectivity index (χ0) is 13.8. The summed E-state index contributed by atoms with van der Waals surface area (Å²) < 4.78 is 0. The van der Waals surface area contributed by atoms with Crippen LogP contribution in [0.2, 0.25) is 5.02 Å². The summed E-state index contributed by atoms with van der Waals surface area (Å²) in [5.74, 6) is -0.0463. The van der Waals surface area contributed by atoms with E-state index in [9.17, 15) is 4.79 Å². The van der Waals surface area contributed by atoms with Gasteiger partial charge in [0.25, 0.3) is 0 Å². The number of carboxylic acids is 1. The second-order valence-corrected chi connectivity index (χ2v) is 5.68. The summed E-state index contributed by atoms with van der Waals surface area (Å²) >= 11 is 7.51. The molecule has 2 aromatic rings. The molecule has 0 aliphatic rings. The van der Waals surface area contributed by atoms with Crippen LogP contribution in [0.25, 0.3) is 0 Å². The van der Waals surface area contributed by atoms with Crippen LogP contribution in [0.4, 0.5) is 0 Å². The monoisotopic (exact) mass is 292 g/mol. The van der Waals surface area contributed by atoms with Gasteiger partial charge in [-0.05, 0) is 48.4 Å². The molecule has 0 spiro atoms. The van der Waals surface area contributed by atoms with Crippen molar-refractivity contribution in [2.45, 2.75) is 17.6 Å². The topological polar surface area (TPSA) is 37.3 Å². The predicted octanol–water partition coefficient (Wildman–Crippen LogP) is 4.64. The lowest BCUT2D eigenvalue weighted by Gasteiger charge is -2.05. The molecular formula is C15H13ClO2S. The number of carboxylic acid groups (broad SMARTS) is 1. The lowest BCUT2D eigenvalue weighted by Crippen LogP contribution is -1.99. The van der Waals surface area contributed by atoms with Crippen LogP contribution in [-0.2, 0) is 5.75 Å². The molecule has 0 heterocycles. The molecule has 4 heteroatoms. The number of hydrogen-bond acceptors (Lipinski definition) is 2. The van der Waals surface area contributed by atoms with Gasteiger partial charge in [-0.3, -0.25) is 0 Å². The molecule has 0 saturated heterocycles. The van der Waals surface area contributed by atoms with Crippen molar-refractivity contribution in [2.24, 2.45) is 0 Å². The van der Waals surface area contributed by atoms with Gasteiger partial charge in [0, 0.05) is 15.7 Å². The van der Waals surface area contributed by atoms with Crippen LogP contribution in [0.3, 0.4) is 0 Å². The highest BCUT2D eigenvalue weighted by Crippen LogP contribution is 2.25. The van der Waals surface area contributed by atoms with Crippen LogP contribution in [0.5, 0.6) is 0 Å². The summed E-state index contributed by atoms with van der Waals surface area (Å²) in [4.78, 5) is 12.0. The molecule has 2 rings (SSSR count). The normalized spacial score (nSPS) is 10.4. The lowest BCUT2D eigenvalue weighted by atomic mass is 10.1. The first-order chi connectivity index (χ1) is 9.06. The van der Waals surface area contributed by atoms with Gasteiger partial charge < -0.3 is 5.11 Å². The molecule has 0 amide bonds. The summed E-state index contributed by atoms with van der Waals surface area (Å²) in [5, 5.41) is 9.70. The van der Waals surface area contributed by atoms with E-state index in [-0.39, 0.29) is 0 Å². The maximum Gasteiger partial charge on any atom is 0.335 e. The Labute approximate surface area is 121 Å². The van der Waals surface area contributed by atoms with Crippen LogP contribution >= 0.6 is 23.4 Å². The van der Waals surface area contributed by atoms with Crippen molar-refractivity contribution in [3.05, 3.63) is 64.2 Å². The molecule has 2 aromatic carbocycles. The summed E-state index contributed by atoms with van der Waals surface area (Å²) in [6, 6.07) is 13.1. The van der Waals surface area contributed by atoms with Gasteiger partial charge in [0.2, 0.25) is 0 Å². The molecule has 0 bridgehead atoms. The van der Waals surface area contributed by atoms with Crippen LogP contribution in [0.15, 0.2) is 47.4 Å². The fourth-order valence-electron chi connectivity index (χ4n) is 1.71. The minimum Gasteiger partial charge on any atom is -0.478 e. The summed E-state index contributed by atoms with van der Waals surface area (Å²) in [5.41, 5.74) is 2.33. The third-order valence-electron chi connectivity index (χ3n) is 2.75. The van der Waals surface area contributed by atoms with Crippen molar-refractivity contribution < 1.29 is 9.90 Å². The van der Waals surface area contributed by atoms with Crippen LogP contribution in [0, 0.1) is 6.92 Å². The van der Waals surface area contributed by atoms with Crippen molar-refractivity contribution in [1.29, 1.82) is 0 Å². The first kappa shape index (κ1) is 14.0. The first-order valence-electron chi connectivity index (χ1n) is 5.77. The predicted molar refractivity (Wildman–Crippen MR) is 79.2 cm³/mol. The average Bonchev–Trinajstić information content (AvgIpc) is 2.37. The molecule has 0 fully saturated rings. The molecule has 98 valence electrons. The van der Waals surface area contributed by atoms with E-state index in [4.69, 9.17) is 16.7 Å². The number of aryl methyl sites for hydroxylation is 1. The van der Waals surface area contributed by atoms with Gasteiger partial charge >= 0.3 is 5.97 Å². The highest BCUT2D eigenvalue weighted by atomic mass is 35.5. The van der Waals surface area contributed by atoms with Crippen molar-refractivity contribution >= 4 is 29.3 Å². The number of thioether (sulfide) groups is 1. The van der Waals surface area contributed by atoms with Gasteiger partial charge in [-0.25, -0.2) is 4.79 Å². The molecule has 2 nitrogen and oxygen atoms in total. The van der Waals surface area contributed by atoms with Gasteiger partial charge in [0.05, 0.1) is 5.56 Å². The molecular weight excluding hydrogens is 280 g/mol. The molecule has 0 aliphatic heterocycles. The number of halogens is 1. The van der Waals surface area contributed by atoms with E-state index in [0.717, 1.165) is 21.2 Å². The Kier molecular flexibility index (Phi) is 4.51. The quantitative estimate of drug-likeness (QED) is 0.834. The SMILES string of the molecule is Cc1cc(SCc2ccc(Cl)cc2)ccc1C(=O)O. The van der Waals surface area contributed by atoms with Crippen molar-refractivity contribution in [3.63, 3.8) is 0 Å².